The molecule has 1 fully saturated rings. The summed E-state index contributed by atoms with van der Waals surface area (Å²) in [6.07, 6.45) is 3.82. The van der Waals surface area contributed by atoms with Crippen molar-refractivity contribution in [3.05, 3.63) is 29.8 Å². The fraction of sp³-hybridized carbons (Fsp3) is 0.571. The Morgan fingerprint density at radius 2 is 1.94 bits per heavy atom. The molecular weight excluding hydrogens is 230 g/mol. The van der Waals surface area contributed by atoms with Crippen LogP contribution in [0.3, 0.4) is 0 Å². The maximum Gasteiger partial charge on any atom is 0.118 e. The molecule has 1 N–H and O–H groups in total. The average molecular weight is 251 g/mol. The number of aryl methyl sites for hydroxylation is 1. The summed E-state index contributed by atoms with van der Waals surface area (Å²) in [4.78, 5) is 0. The molecule has 0 radical (unpaired) electrons. The Morgan fingerprint density at radius 3 is 2.59 bits per heavy atom. The first kappa shape index (κ1) is 12.8. The number of hydrogen-bond acceptors (Lipinski definition) is 3. The van der Waals surface area contributed by atoms with Crippen LogP contribution in [0.4, 0.5) is 0 Å². The Bertz CT molecular complexity index is 319. The second-order valence-corrected chi connectivity index (χ2v) is 5.83. The molecule has 0 spiro atoms. The van der Waals surface area contributed by atoms with Gasteiger partial charge in [-0.3, -0.25) is 0 Å². The number of thioether (sulfide) groups is 1. The Kier molecular flexibility index (Phi) is 5.20. The third kappa shape index (κ3) is 4.25. The van der Waals surface area contributed by atoms with Crippen molar-refractivity contribution < 1.29 is 4.74 Å². The van der Waals surface area contributed by atoms with E-state index in [-0.39, 0.29) is 0 Å². The molecule has 94 valence electrons. The normalized spacial score (nSPS) is 17.0. The molecule has 1 saturated heterocycles. The minimum absolute atomic E-state index is 0.870. The van der Waals surface area contributed by atoms with Gasteiger partial charge < -0.3 is 10.1 Å². The van der Waals surface area contributed by atoms with E-state index in [4.69, 9.17) is 4.74 Å². The second-order valence-electron chi connectivity index (χ2n) is 4.42. The standard InChI is InChI=1S/C14H21NOS/c1-16-13-4-2-12(3-5-13)8-11-17-14-6-9-15-10-7-14/h2-5,14-15H,6-11H2,1H3. The van der Waals surface area contributed by atoms with Crippen LogP contribution in [0.2, 0.25) is 0 Å². The number of hydrogen-bond donors (Lipinski definition) is 1. The number of nitrogens with one attached hydrogen (secondary N) is 1. The smallest absolute Gasteiger partial charge is 0.118 e. The molecule has 17 heavy (non-hydrogen) atoms. The average Bonchev–Trinajstić information content (AvgIpc) is 2.41. The molecular formula is C14H21NOS. The van der Waals surface area contributed by atoms with E-state index in [1.54, 1.807) is 7.11 Å². The van der Waals surface area contributed by atoms with Gasteiger partial charge in [0.05, 0.1) is 7.11 Å². The maximum atomic E-state index is 5.16. The lowest BCUT2D eigenvalue weighted by Crippen LogP contribution is -2.29. The SMILES string of the molecule is COc1ccc(CCSC2CCNCC2)cc1. The molecule has 0 unspecified atom stereocenters. The Hall–Kier alpha value is -0.670. The summed E-state index contributed by atoms with van der Waals surface area (Å²) in [5.41, 5.74) is 1.41. The van der Waals surface area contributed by atoms with E-state index in [2.05, 4.69) is 29.2 Å². The van der Waals surface area contributed by atoms with Gasteiger partial charge in [0.1, 0.15) is 5.75 Å². The van der Waals surface area contributed by atoms with Crippen LogP contribution in [0.1, 0.15) is 18.4 Å². The molecule has 0 amide bonds. The van der Waals surface area contributed by atoms with Crippen molar-refractivity contribution in [3.63, 3.8) is 0 Å². The lowest BCUT2D eigenvalue weighted by molar-refractivity contribution is 0.414. The van der Waals surface area contributed by atoms with Gasteiger partial charge in [-0.25, -0.2) is 0 Å². The van der Waals surface area contributed by atoms with Gasteiger partial charge in [0.15, 0.2) is 0 Å². The summed E-state index contributed by atoms with van der Waals surface area (Å²) in [5.74, 6) is 2.18. The van der Waals surface area contributed by atoms with E-state index in [1.807, 2.05) is 12.1 Å². The highest BCUT2D eigenvalue weighted by Gasteiger charge is 2.12. The summed E-state index contributed by atoms with van der Waals surface area (Å²) in [6.45, 7) is 2.39. The molecule has 0 aliphatic carbocycles. The zero-order valence-corrected chi connectivity index (χ0v) is 11.3. The van der Waals surface area contributed by atoms with Crippen LogP contribution in [0.5, 0.6) is 5.75 Å². The monoisotopic (exact) mass is 251 g/mol. The summed E-state index contributed by atoms with van der Waals surface area (Å²) < 4.78 is 5.16. The molecule has 2 nitrogen and oxygen atoms in total. The zero-order valence-electron chi connectivity index (χ0n) is 10.4. The van der Waals surface area contributed by atoms with E-state index < -0.39 is 0 Å². The quantitative estimate of drug-likeness (QED) is 0.869. The van der Waals surface area contributed by atoms with Gasteiger partial charge in [0.2, 0.25) is 0 Å². The van der Waals surface area contributed by atoms with Crippen molar-refractivity contribution in [2.75, 3.05) is 26.0 Å². The summed E-state index contributed by atoms with van der Waals surface area (Å²) in [6, 6.07) is 8.43. The molecule has 1 heterocycles. The van der Waals surface area contributed by atoms with Crippen LogP contribution in [0.15, 0.2) is 24.3 Å². The lowest BCUT2D eigenvalue weighted by Gasteiger charge is -2.21. The van der Waals surface area contributed by atoms with Crippen molar-refractivity contribution >= 4 is 11.8 Å². The van der Waals surface area contributed by atoms with E-state index in [0.29, 0.717) is 0 Å². The van der Waals surface area contributed by atoms with Gasteiger partial charge >= 0.3 is 0 Å². The third-order valence-corrected chi connectivity index (χ3v) is 4.57. The summed E-state index contributed by atoms with van der Waals surface area (Å²) in [7, 11) is 1.71. The van der Waals surface area contributed by atoms with E-state index in [1.165, 1.54) is 43.7 Å². The van der Waals surface area contributed by atoms with Crippen LogP contribution < -0.4 is 10.1 Å². The molecule has 3 heteroatoms. The van der Waals surface area contributed by atoms with Gasteiger partial charge in [0, 0.05) is 5.25 Å². The van der Waals surface area contributed by atoms with Crippen molar-refractivity contribution in [2.24, 2.45) is 0 Å². The number of ether oxygens (including phenoxy) is 1. The molecule has 0 atom stereocenters. The van der Waals surface area contributed by atoms with Crippen LogP contribution in [-0.4, -0.2) is 31.2 Å². The fourth-order valence-corrected chi connectivity index (χ4v) is 3.35. The molecule has 2 rings (SSSR count). The molecule has 0 bridgehead atoms. The van der Waals surface area contributed by atoms with Crippen LogP contribution in [0, 0.1) is 0 Å². The molecule has 1 aliphatic heterocycles. The first-order valence-corrected chi connectivity index (χ1v) is 7.38. The van der Waals surface area contributed by atoms with Crippen molar-refractivity contribution in [2.45, 2.75) is 24.5 Å². The van der Waals surface area contributed by atoms with E-state index in [9.17, 15) is 0 Å². The Labute approximate surface area is 108 Å². The van der Waals surface area contributed by atoms with Gasteiger partial charge in [-0.1, -0.05) is 12.1 Å². The van der Waals surface area contributed by atoms with Gasteiger partial charge in [-0.15, -0.1) is 0 Å². The number of methoxy groups -OCH3 is 1. The summed E-state index contributed by atoms with van der Waals surface area (Å²) >= 11 is 2.13. The lowest BCUT2D eigenvalue weighted by atomic mass is 10.2. The fourth-order valence-electron chi connectivity index (χ4n) is 2.10. The predicted molar refractivity (Wildman–Crippen MR) is 75.0 cm³/mol. The zero-order chi connectivity index (χ0) is 11.9. The molecule has 1 aliphatic rings. The first-order chi connectivity index (χ1) is 8.38. The second kappa shape index (κ2) is 6.92. The van der Waals surface area contributed by atoms with E-state index in [0.717, 1.165) is 11.0 Å². The molecule has 1 aromatic carbocycles. The number of piperidine rings is 1. The Morgan fingerprint density at radius 1 is 1.24 bits per heavy atom. The number of rotatable bonds is 5. The van der Waals surface area contributed by atoms with Crippen LogP contribution >= 0.6 is 11.8 Å². The highest BCUT2D eigenvalue weighted by Crippen LogP contribution is 2.21. The largest absolute Gasteiger partial charge is 0.497 e. The van der Waals surface area contributed by atoms with Gasteiger partial charge in [-0.2, -0.15) is 11.8 Å². The predicted octanol–water partition coefficient (Wildman–Crippen LogP) is 2.72. The van der Waals surface area contributed by atoms with Crippen molar-refractivity contribution in [1.29, 1.82) is 0 Å². The summed E-state index contributed by atoms with van der Waals surface area (Å²) in [5, 5.41) is 4.28. The van der Waals surface area contributed by atoms with Crippen molar-refractivity contribution in [3.8, 4) is 5.75 Å². The maximum absolute atomic E-state index is 5.16. The first-order valence-electron chi connectivity index (χ1n) is 6.34. The highest BCUT2D eigenvalue weighted by molar-refractivity contribution is 7.99. The minimum Gasteiger partial charge on any atom is -0.497 e. The van der Waals surface area contributed by atoms with Crippen LogP contribution in [0.25, 0.3) is 0 Å². The topological polar surface area (TPSA) is 21.3 Å². The number of benzene rings is 1. The van der Waals surface area contributed by atoms with E-state index >= 15 is 0 Å². The third-order valence-electron chi connectivity index (χ3n) is 3.19. The highest BCUT2D eigenvalue weighted by atomic mass is 32.2. The molecule has 0 saturated carbocycles. The van der Waals surface area contributed by atoms with Crippen LogP contribution in [-0.2, 0) is 6.42 Å². The van der Waals surface area contributed by atoms with Gasteiger partial charge in [0.25, 0.3) is 0 Å². The molecule has 0 aromatic heterocycles. The Balaban J connectivity index is 1.69. The van der Waals surface area contributed by atoms with Gasteiger partial charge in [-0.05, 0) is 55.8 Å². The minimum atomic E-state index is 0.870. The van der Waals surface area contributed by atoms with Crippen molar-refractivity contribution in [1.82, 2.24) is 5.32 Å². The molecule has 1 aromatic rings.